The number of hydrogen-bond donors (Lipinski definition) is 2. The zero-order chi connectivity index (χ0) is 14.6. The fourth-order valence-corrected chi connectivity index (χ4v) is 2.30. The van der Waals surface area contributed by atoms with E-state index in [2.05, 4.69) is 60.8 Å². The summed E-state index contributed by atoms with van der Waals surface area (Å²) in [5.74, 6) is 0. The summed E-state index contributed by atoms with van der Waals surface area (Å²) in [5, 5.41) is 12.8. The zero-order valence-corrected chi connectivity index (χ0v) is 13.0. The van der Waals surface area contributed by atoms with Gasteiger partial charge in [-0.3, -0.25) is 4.68 Å². The molecule has 2 aromatic rings. The Hall–Kier alpha value is -1.39. The van der Waals surface area contributed by atoms with E-state index in [1.54, 1.807) is 0 Å². The van der Waals surface area contributed by atoms with Crippen LogP contribution in [0.5, 0.6) is 0 Å². The first-order chi connectivity index (χ1) is 9.47. The van der Waals surface area contributed by atoms with Gasteiger partial charge in [-0.25, -0.2) is 0 Å². The van der Waals surface area contributed by atoms with Crippen LogP contribution < -0.4 is 10.6 Å². The Morgan fingerprint density at radius 1 is 1.15 bits per heavy atom. The molecular formula is C16H26N4. The van der Waals surface area contributed by atoms with Crippen molar-refractivity contribution in [2.24, 2.45) is 7.05 Å². The maximum atomic E-state index is 4.59. The average Bonchev–Trinajstić information content (AvgIpc) is 2.70. The number of benzene rings is 1. The molecule has 0 atom stereocenters. The molecule has 0 fully saturated rings. The van der Waals surface area contributed by atoms with Crippen LogP contribution in [0, 0.1) is 0 Å². The van der Waals surface area contributed by atoms with Crippen LogP contribution in [0.2, 0.25) is 0 Å². The molecular weight excluding hydrogens is 248 g/mol. The predicted molar refractivity (Wildman–Crippen MR) is 84.8 cm³/mol. The lowest BCUT2D eigenvalue weighted by Gasteiger charge is -2.20. The van der Waals surface area contributed by atoms with Crippen molar-refractivity contribution >= 4 is 10.9 Å². The van der Waals surface area contributed by atoms with Crippen molar-refractivity contribution in [1.82, 2.24) is 20.4 Å². The maximum Gasteiger partial charge on any atom is 0.0841 e. The van der Waals surface area contributed by atoms with Crippen LogP contribution >= 0.6 is 0 Å². The Kier molecular flexibility index (Phi) is 4.78. The van der Waals surface area contributed by atoms with E-state index >= 15 is 0 Å². The van der Waals surface area contributed by atoms with Gasteiger partial charge in [0.2, 0.25) is 0 Å². The quantitative estimate of drug-likeness (QED) is 0.795. The minimum Gasteiger partial charge on any atom is -0.312 e. The lowest BCUT2D eigenvalue weighted by molar-refractivity contribution is 0.418. The van der Waals surface area contributed by atoms with Gasteiger partial charge in [0.1, 0.15) is 0 Å². The first-order valence-electron chi connectivity index (χ1n) is 7.34. The molecule has 0 aliphatic rings. The van der Waals surface area contributed by atoms with E-state index in [1.165, 1.54) is 10.9 Å². The first kappa shape index (κ1) is 15.0. The Balaban J connectivity index is 1.79. The van der Waals surface area contributed by atoms with Crippen molar-refractivity contribution in [1.29, 1.82) is 0 Å². The van der Waals surface area contributed by atoms with E-state index in [9.17, 15) is 0 Å². The van der Waals surface area contributed by atoms with Crippen molar-refractivity contribution < 1.29 is 0 Å². The number of nitrogens with one attached hydrogen (secondary N) is 2. The molecule has 0 aliphatic heterocycles. The lowest BCUT2D eigenvalue weighted by Crippen LogP contribution is -2.37. The second-order valence-electron chi connectivity index (χ2n) is 6.29. The fraction of sp³-hybridized carbons (Fsp3) is 0.562. The van der Waals surface area contributed by atoms with Gasteiger partial charge in [0.25, 0.3) is 0 Å². The normalized spacial score (nSPS) is 12.2. The molecule has 1 aromatic carbocycles. The summed E-state index contributed by atoms with van der Waals surface area (Å²) in [6.45, 7) is 9.46. The topological polar surface area (TPSA) is 41.9 Å². The number of para-hydroxylation sites is 1. The SMILES string of the molecule is Cn1nc(CNCCCNC(C)(C)C)c2ccccc21. The van der Waals surface area contributed by atoms with Crippen molar-refractivity contribution in [2.75, 3.05) is 13.1 Å². The summed E-state index contributed by atoms with van der Waals surface area (Å²) in [5.41, 5.74) is 2.53. The molecule has 0 unspecified atom stereocenters. The summed E-state index contributed by atoms with van der Waals surface area (Å²) in [7, 11) is 2.00. The Morgan fingerprint density at radius 2 is 1.90 bits per heavy atom. The molecule has 0 aliphatic carbocycles. The average molecular weight is 274 g/mol. The van der Waals surface area contributed by atoms with Crippen LogP contribution in [-0.2, 0) is 13.6 Å². The summed E-state index contributed by atoms with van der Waals surface area (Å²) >= 11 is 0. The minimum absolute atomic E-state index is 0.206. The molecule has 0 amide bonds. The molecule has 20 heavy (non-hydrogen) atoms. The largest absolute Gasteiger partial charge is 0.312 e. The van der Waals surface area contributed by atoms with Crippen LogP contribution in [0.3, 0.4) is 0 Å². The number of aromatic nitrogens is 2. The predicted octanol–water partition coefficient (Wildman–Crippen LogP) is 2.44. The van der Waals surface area contributed by atoms with E-state index in [0.29, 0.717) is 0 Å². The van der Waals surface area contributed by atoms with Gasteiger partial charge in [-0.05, 0) is 46.3 Å². The van der Waals surface area contributed by atoms with E-state index in [4.69, 9.17) is 0 Å². The number of aryl methyl sites for hydroxylation is 1. The molecule has 110 valence electrons. The summed E-state index contributed by atoms with van der Waals surface area (Å²) in [6, 6.07) is 8.37. The van der Waals surface area contributed by atoms with Crippen LogP contribution in [0.1, 0.15) is 32.9 Å². The lowest BCUT2D eigenvalue weighted by atomic mass is 10.1. The Labute approximate surface area is 121 Å². The van der Waals surface area contributed by atoms with Gasteiger partial charge in [-0.1, -0.05) is 18.2 Å². The second kappa shape index (κ2) is 6.37. The molecule has 0 saturated heterocycles. The van der Waals surface area contributed by atoms with Crippen LogP contribution in [-0.4, -0.2) is 28.4 Å². The Morgan fingerprint density at radius 3 is 2.65 bits per heavy atom. The van der Waals surface area contributed by atoms with Gasteiger partial charge in [-0.15, -0.1) is 0 Å². The van der Waals surface area contributed by atoms with Gasteiger partial charge in [0.15, 0.2) is 0 Å². The van der Waals surface area contributed by atoms with Crippen LogP contribution in [0.4, 0.5) is 0 Å². The van der Waals surface area contributed by atoms with Crippen molar-refractivity contribution in [3.8, 4) is 0 Å². The van der Waals surface area contributed by atoms with Crippen LogP contribution in [0.25, 0.3) is 10.9 Å². The number of nitrogens with zero attached hydrogens (tertiary/aromatic N) is 2. The highest BCUT2D eigenvalue weighted by atomic mass is 15.3. The van der Waals surface area contributed by atoms with Crippen molar-refractivity contribution in [3.05, 3.63) is 30.0 Å². The molecule has 1 aromatic heterocycles. The highest BCUT2D eigenvalue weighted by Crippen LogP contribution is 2.16. The van der Waals surface area contributed by atoms with E-state index in [1.807, 2.05) is 11.7 Å². The van der Waals surface area contributed by atoms with Gasteiger partial charge in [-0.2, -0.15) is 5.10 Å². The van der Waals surface area contributed by atoms with Gasteiger partial charge in [0.05, 0.1) is 11.2 Å². The van der Waals surface area contributed by atoms with Crippen molar-refractivity contribution in [3.63, 3.8) is 0 Å². The summed E-state index contributed by atoms with van der Waals surface area (Å²) < 4.78 is 1.95. The summed E-state index contributed by atoms with van der Waals surface area (Å²) in [4.78, 5) is 0. The molecule has 2 rings (SSSR count). The fourth-order valence-electron chi connectivity index (χ4n) is 2.30. The molecule has 0 bridgehead atoms. The van der Waals surface area contributed by atoms with Gasteiger partial charge >= 0.3 is 0 Å². The standard InChI is InChI=1S/C16H26N4/c1-16(2,3)18-11-7-10-17-12-14-13-8-5-6-9-15(13)20(4)19-14/h5-6,8-9,17-18H,7,10-12H2,1-4H3. The van der Waals surface area contributed by atoms with Crippen LogP contribution in [0.15, 0.2) is 24.3 Å². The third-order valence-electron chi connectivity index (χ3n) is 3.31. The molecule has 0 radical (unpaired) electrons. The van der Waals surface area contributed by atoms with Crippen molar-refractivity contribution in [2.45, 2.75) is 39.3 Å². The molecule has 4 nitrogen and oxygen atoms in total. The Bertz CT molecular complexity index is 551. The molecule has 4 heteroatoms. The van der Waals surface area contributed by atoms with Gasteiger partial charge < -0.3 is 10.6 Å². The highest BCUT2D eigenvalue weighted by Gasteiger charge is 2.08. The first-order valence-corrected chi connectivity index (χ1v) is 7.34. The minimum atomic E-state index is 0.206. The number of hydrogen-bond acceptors (Lipinski definition) is 3. The zero-order valence-electron chi connectivity index (χ0n) is 13.0. The smallest absolute Gasteiger partial charge is 0.0841 e. The third-order valence-corrected chi connectivity index (χ3v) is 3.31. The maximum absolute atomic E-state index is 4.59. The highest BCUT2D eigenvalue weighted by molar-refractivity contribution is 5.81. The van der Waals surface area contributed by atoms with E-state index < -0.39 is 0 Å². The van der Waals surface area contributed by atoms with E-state index in [-0.39, 0.29) is 5.54 Å². The monoisotopic (exact) mass is 274 g/mol. The van der Waals surface area contributed by atoms with Gasteiger partial charge in [0, 0.05) is 24.5 Å². The van der Waals surface area contributed by atoms with E-state index in [0.717, 1.165) is 31.7 Å². The molecule has 1 heterocycles. The molecule has 0 saturated carbocycles. The molecule has 2 N–H and O–H groups in total. The second-order valence-corrected chi connectivity index (χ2v) is 6.29. The molecule has 0 spiro atoms. The number of fused-ring (bicyclic) bond motifs is 1. The third kappa shape index (κ3) is 4.05. The summed E-state index contributed by atoms with van der Waals surface area (Å²) in [6.07, 6.45) is 1.13. The number of rotatable bonds is 6.